The van der Waals surface area contributed by atoms with Crippen molar-refractivity contribution in [2.45, 2.75) is 19.3 Å². The molecule has 0 rings (SSSR count). The highest BCUT2D eigenvalue weighted by Crippen LogP contribution is 1.97. The summed E-state index contributed by atoms with van der Waals surface area (Å²) in [5.74, 6) is 2.61. The van der Waals surface area contributed by atoms with Gasteiger partial charge in [0.1, 0.15) is 0 Å². The van der Waals surface area contributed by atoms with Crippen molar-refractivity contribution in [1.82, 2.24) is 5.32 Å². The molecule has 0 saturated carbocycles. The average Bonchev–Trinajstić information content (AvgIpc) is 1.96. The monoisotopic (exact) mass is 215 g/mol. The molecule has 0 amide bonds. The lowest BCUT2D eigenvalue weighted by Gasteiger charge is -2.00. The van der Waals surface area contributed by atoms with Crippen molar-refractivity contribution in [2.75, 3.05) is 13.1 Å². The van der Waals surface area contributed by atoms with Gasteiger partial charge in [-0.25, -0.2) is 0 Å². The molecule has 0 saturated heterocycles. The smallest absolute Gasteiger partial charge is 0.0265 e. The maximum absolute atomic E-state index is 5.10. The third-order valence-corrected chi connectivity index (χ3v) is 1.52. The van der Waals surface area contributed by atoms with Gasteiger partial charge in [-0.1, -0.05) is 22.5 Å². The van der Waals surface area contributed by atoms with Crippen molar-refractivity contribution < 1.29 is 0 Å². The van der Waals surface area contributed by atoms with Crippen molar-refractivity contribution in [3.8, 4) is 12.3 Å². The van der Waals surface area contributed by atoms with E-state index in [9.17, 15) is 0 Å². The van der Waals surface area contributed by atoms with Gasteiger partial charge in [-0.05, 0) is 19.4 Å². The first-order chi connectivity index (χ1) is 5.27. The molecule has 0 spiro atoms. The van der Waals surface area contributed by atoms with Crippen LogP contribution in [0.1, 0.15) is 19.3 Å². The molecule has 11 heavy (non-hydrogen) atoms. The summed E-state index contributed by atoms with van der Waals surface area (Å²) in [7, 11) is 0. The van der Waals surface area contributed by atoms with Gasteiger partial charge in [-0.15, -0.1) is 12.3 Å². The molecular formula is C9H14BrN. The van der Waals surface area contributed by atoms with Gasteiger partial charge in [0.15, 0.2) is 0 Å². The molecule has 0 aliphatic rings. The van der Waals surface area contributed by atoms with E-state index in [0.29, 0.717) is 0 Å². The van der Waals surface area contributed by atoms with Crippen LogP contribution in [0.2, 0.25) is 0 Å². The van der Waals surface area contributed by atoms with Crippen LogP contribution < -0.4 is 5.32 Å². The Hall–Kier alpha value is -0.260. The quantitative estimate of drug-likeness (QED) is 0.530. The van der Waals surface area contributed by atoms with Crippen LogP contribution in [0.3, 0.4) is 0 Å². The SMILES string of the molecule is C#CCCCCNCC(=C)Br. The van der Waals surface area contributed by atoms with Gasteiger partial charge >= 0.3 is 0 Å². The molecule has 2 heteroatoms. The van der Waals surface area contributed by atoms with Crippen molar-refractivity contribution >= 4 is 15.9 Å². The summed E-state index contributed by atoms with van der Waals surface area (Å²) in [5, 5.41) is 3.23. The average molecular weight is 216 g/mol. The molecule has 0 aromatic rings. The number of hydrogen-bond acceptors (Lipinski definition) is 1. The van der Waals surface area contributed by atoms with Crippen LogP contribution in [-0.4, -0.2) is 13.1 Å². The molecule has 0 aromatic carbocycles. The van der Waals surface area contributed by atoms with Crippen LogP contribution in [0.15, 0.2) is 11.1 Å². The van der Waals surface area contributed by atoms with Crippen molar-refractivity contribution in [1.29, 1.82) is 0 Å². The highest BCUT2D eigenvalue weighted by molar-refractivity contribution is 9.11. The number of unbranched alkanes of at least 4 members (excludes halogenated alkanes) is 2. The Labute approximate surface area is 77.4 Å². The number of rotatable bonds is 6. The van der Waals surface area contributed by atoms with Gasteiger partial charge in [-0.2, -0.15) is 0 Å². The molecule has 1 nitrogen and oxygen atoms in total. The summed E-state index contributed by atoms with van der Waals surface area (Å²) < 4.78 is 0.995. The van der Waals surface area contributed by atoms with E-state index in [1.165, 1.54) is 0 Å². The van der Waals surface area contributed by atoms with E-state index in [2.05, 4.69) is 33.7 Å². The van der Waals surface area contributed by atoms with E-state index < -0.39 is 0 Å². The maximum atomic E-state index is 5.10. The zero-order valence-corrected chi connectivity index (χ0v) is 8.28. The Kier molecular flexibility index (Phi) is 7.66. The van der Waals surface area contributed by atoms with Crippen molar-refractivity contribution in [2.24, 2.45) is 0 Å². The molecule has 0 atom stereocenters. The molecule has 1 N–H and O–H groups in total. The lowest BCUT2D eigenvalue weighted by molar-refractivity contribution is 0.664. The summed E-state index contributed by atoms with van der Waals surface area (Å²) in [4.78, 5) is 0. The van der Waals surface area contributed by atoms with E-state index in [1.54, 1.807) is 0 Å². The minimum absolute atomic E-state index is 0.843. The molecular weight excluding hydrogens is 202 g/mol. The first-order valence-corrected chi connectivity index (χ1v) is 4.54. The second kappa shape index (κ2) is 7.84. The maximum Gasteiger partial charge on any atom is 0.0265 e. The molecule has 0 heterocycles. The lowest BCUT2D eigenvalue weighted by atomic mass is 10.2. The first-order valence-electron chi connectivity index (χ1n) is 3.75. The molecule has 62 valence electrons. The van der Waals surface area contributed by atoms with Gasteiger partial charge in [0.25, 0.3) is 0 Å². The number of nitrogens with one attached hydrogen (secondary N) is 1. The standard InChI is InChI=1S/C9H14BrN/c1-3-4-5-6-7-11-8-9(2)10/h1,11H,2,4-8H2. The van der Waals surface area contributed by atoms with Crippen LogP contribution in [-0.2, 0) is 0 Å². The van der Waals surface area contributed by atoms with Crippen LogP contribution in [0, 0.1) is 12.3 Å². The second-order valence-electron chi connectivity index (χ2n) is 2.36. The zero-order valence-electron chi connectivity index (χ0n) is 6.70. The predicted molar refractivity (Wildman–Crippen MR) is 53.6 cm³/mol. The Morgan fingerprint density at radius 1 is 1.55 bits per heavy atom. The Bertz CT molecular complexity index is 146. The van der Waals surface area contributed by atoms with Crippen LogP contribution in [0.25, 0.3) is 0 Å². The summed E-state index contributed by atoms with van der Waals surface area (Å²) in [6, 6.07) is 0. The highest BCUT2D eigenvalue weighted by Gasteiger charge is 1.88. The largest absolute Gasteiger partial charge is 0.312 e. The van der Waals surface area contributed by atoms with E-state index in [4.69, 9.17) is 6.42 Å². The van der Waals surface area contributed by atoms with Crippen molar-refractivity contribution in [3.05, 3.63) is 11.1 Å². The second-order valence-corrected chi connectivity index (χ2v) is 3.48. The molecule has 0 aromatic heterocycles. The summed E-state index contributed by atoms with van der Waals surface area (Å²) in [6.07, 6.45) is 8.24. The Morgan fingerprint density at radius 2 is 2.27 bits per heavy atom. The predicted octanol–water partition coefficient (Wildman–Crippen LogP) is 2.29. The van der Waals surface area contributed by atoms with Crippen molar-refractivity contribution in [3.63, 3.8) is 0 Å². The topological polar surface area (TPSA) is 12.0 Å². The number of halogens is 1. The molecule has 0 radical (unpaired) electrons. The molecule has 0 unspecified atom stereocenters. The Morgan fingerprint density at radius 3 is 2.82 bits per heavy atom. The van der Waals surface area contributed by atoms with Gasteiger partial charge in [-0.3, -0.25) is 0 Å². The molecule has 0 aliphatic carbocycles. The van der Waals surface area contributed by atoms with Crippen LogP contribution in [0.5, 0.6) is 0 Å². The van der Waals surface area contributed by atoms with Gasteiger partial charge in [0.05, 0.1) is 0 Å². The summed E-state index contributed by atoms with van der Waals surface area (Å²) in [6.45, 7) is 5.57. The van der Waals surface area contributed by atoms with Gasteiger partial charge < -0.3 is 5.32 Å². The summed E-state index contributed by atoms with van der Waals surface area (Å²) >= 11 is 3.27. The van der Waals surface area contributed by atoms with Crippen LogP contribution >= 0.6 is 15.9 Å². The highest BCUT2D eigenvalue weighted by atomic mass is 79.9. The van der Waals surface area contributed by atoms with Gasteiger partial charge in [0, 0.05) is 17.4 Å². The Balaban J connectivity index is 2.92. The normalized spacial score (nSPS) is 9.09. The van der Waals surface area contributed by atoms with Gasteiger partial charge in [0.2, 0.25) is 0 Å². The first kappa shape index (κ1) is 10.7. The van der Waals surface area contributed by atoms with E-state index >= 15 is 0 Å². The van der Waals surface area contributed by atoms with E-state index in [-0.39, 0.29) is 0 Å². The third kappa shape index (κ3) is 9.74. The molecule has 0 aliphatic heterocycles. The number of terminal acetylenes is 1. The fourth-order valence-corrected chi connectivity index (χ4v) is 0.899. The zero-order chi connectivity index (χ0) is 8.53. The third-order valence-electron chi connectivity index (χ3n) is 1.24. The molecule has 0 bridgehead atoms. The van der Waals surface area contributed by atoms with E-state index in [1.807, 2.05) is 0 Å². The minimum Gasteiger partial charge on any atom is -0.312 e. The summed E-state index contributed by atoms with van der Waals surface area (Å²) in [5.41, 5.74) is 0. The fraction of sp³-hybridized carbons (Fsp3) is 0.556. The minimum atomic E-state index is 0.843. The van der Waals surface area contributed by atoms with E-state index in [0.717, 1.165) is 36.8 Å². The molecule has 0 fully saturated rings. The number of hydrogen-bond donors (Lipinski definition) is 1. The lowest BCUT2D eigenvalue weighted by Crippen LogP contribution is -2.16. The fourth-order valence-electron chi connectivity index (χ4n) is 0.701. The van der Waals surface area contributed by atoms with Crippen LogP contribution in [0.4, 0.5) is 0 Å².